The van der Waals surface area contributed by atoms with E-state index >= 15 is 0 Å². The first-order valence-electron chi connectivity index (χ1n) is 10.3. The zero-order chi connectivity index (χ0) is 21.2. The number of benzene rings is 1. The molecule has 0 radical (unpaired) electrons. The zero-order valence-electron chi connectivity index (χ0n) is 18.1. The van der Waals surface area contributed by atoms with E-state index in [-0.39, 0.29) is 12.1 Å². The molecule has 160 valence electrons. The second-order valence-electron chi connectivity index (χ2n) is 8.67. The van der Waals surface area contributed by atoms with Crippen LogP contribution >= 0.6 is 11.8 Å². The van der Waals surface area contributed by atoms with E-state index in [0.29, 0.717) is 12.3 Å². The highest BCUT2D eigenvalue weighted by molar-refractivity contribution is 7.98. The number of aromatic nitrogens is 1. The van der Waals surface area contributed by atoms with Crippen LogP contribution < -0.4 is 5.32 Å². The molecule has 1 saturated heterocycles. The maximum atomic E-state index is 12.0. The van der Waals surface area contributed by atoms with Crippen molar-refractivity contribution in [1.82, 2.24) is 15.2 Å². The van der Waals surface area contributed by atoms with Crippen LogP contribution in [0.5, 0.6) is 5.75 Å². The number of piperidine rings is 1. The largest absolute Gasteiger partial charge is 0.508 e. The van der Waals surface area contributed by atoms with Gasteiger partial charge in [-0.2, -0.15) is 0 Å². The maximum absolute atomic E-state index is 12.0. The second kappa shape index (κ2) is 8.88. The normalized spacial score (nSPS) is 16.3. The van der Waals surface area contributed by atoms with Gasteiger partial charge >= 0.3 is 6.09 Å². The molecule has 1 aromatic carbocycles. The van der Waals surface area contributed by atoms with E-state index in [9.17, 15) is 9.90 Å². The van der Waals surface area contributed by atoms with Gasteiger partial charge in [0.05, 0.1) is 10.5 Å². The summed E-state index contributed by atoms with van der Waals surface area (Å²) in [6.45, 7) is 10.2. The molecule has 0 unspecified atom stereocenters. The van der Waals surface area contributed by atoms with Crippen LogP contribution in [0.3, 0.4) is 0 Å². The number of nitrogens with zero attached hydrogens (tertiary/aromatic N) is 1. The van der Waals surface area contributed by atoms with Crippen molar-refractivity contribution in [3.63, 3.8) is 0 Å². The third kappa shape index (κ3) is 5.20. The van der Waals surface area contributed by atoms with Crippen LogP contribution in [0.1, 0.15) is 51.7 Å². The molecule has 0 bridgehead atoms. The van der Waals surface area contributed by atoms with E-state index in [1.165, 1.54) is 16.0 Å². The first-order chi connectivity index (χ1) is 13.7. The van der Waals surface area contributed by atoms with E-state index in [1.807, 2.05) is 32.9 Å². The van der Waals surface area contributed by atoms with E-state index < -0.39 is 5.60 Å². The van der Waals surface area contributed by atoms with E-state index in [0.717, 1.165) is 43.4 Å². The fraction of sp³-hybridized carbons (Fsp3) is 0.591. The van der Waals surface area contributed by atoms with Crippen molar-refractivity contribution < 1.29 is 14.6 Å². The number of phenolic OH excluding ortho intramolecular Hbond substituents is 1. The van der Waals surface area contributed by atoms with Gasteiger partial charge in [-0.25, -0.2) is 4.79 Å². The van der Waals surface area contributed by atoms with Crippen LogP contribution in [0.4, 0.5) is 4.79 Å². The van der Waals surface area contributed by atoms with Gasteiger partial charge in [-0.1, -0.05) is 6.92 Å². The molecule has 2 aromatic rings. The number of carbonyl (C=O) groups excluding carboxylic acids is 1. The minimum absolute atomic E-state index is 0.130. The number of fused-ring (bicyclic) bond motifs is 1. The topological polar surface area (TPSA) is 77.6 Å². The van der Waals surface area contributed by atoms with Gasteiger partial charge in [0.2, 0.25) is 0 Å². The lowest BCUT2D eigenvalue weighted by atomic mass is 10.0. The number of alkyl carbamates (subject to hydrolysis) is 1. The average Bonchev–Trinajstić information content (AvgIpc) is 3.01. The fourth-order valence-corrected chi connectivity index (χ4v) is 4.67. The molecule has 1 aliphatic heterocycles. The Morgan fingerprint density at radius 2 is 2.00 bits per heavy atom. The van der Waals surface area contributed by atoms with Crippen molar-refractivity contribution in [3.8, 4) is 5.75 Å². The number of likely N-dealkylation sites (tertiary alicyclic amines) is 1. The van der Waals surface area contributed by atoms with Crippen molar-refractivity contribution >= 4 is 28.8 Å². The predicted molar refractivity (Wildman–Crippen MR) is 119 cm³/mol. The van der Waals surface area contributed by atoms with Crippen molar-refractivity contribution in [2.24, 2.45) is 0 Å². The minimum atomic E-state index is -0.482. The molecule has 1 aliphatic rings. The molecule has 7 heteroatoms. The van der Waals surface area contributed by atoms with Crippen LogP contribution in [-0.4, -0.2) is 52.1 Å². The fourth-order valence-electron chi connectivity index (χ4n) is 3.96. The third-order valence-electron chi connectivity index (χ3n) is 5.37. The number of ether oxygens (including phenoxy) is 1. The summed E-state index contributed by atoms with van der Waals surface area (Å²) in [5.74, 6) is 0.336. The van der Waals surface area contributed by atoms with E-state index in [1.54, 1.807) is 11.8 Å². The van der Waals surface area contributed by atoms with Crippen LogP contribution in [-0.2, 0) is 17.7 Å². The molecule has 6 nitrogen and oxygen atoms in total. The number of aryl methyl sites for hydroxylation is 1. The number of rotatable bonds is 5. The Morgan fingerprint density at radius 1 is 1.31 bits per heavy atom. The molecule has 0 spiro atoms. The SMILES string of the molecule is CCc1c(SC)[nH]c2c(CN3CCC(NC(=O)OC(C)(C)C)CC3)c(O)ccc12. The average molecular weight is 420 g/mol. The van der Waals surface area contributed by atoms with Crippen LogP contribution in [0.15, 0.2) is 17.2 Å². The number of thioether (sulfide) groups is 1. The Balaban J connectivity index is 1.66. The predicted octanol–water partition coefficient (Wildman–Crippen LogP) is 4.65. The van der Waals surface area contributed by atoms with Gasteiger partial charge in [-0.15, -0.1) is 11.8 Å². The molecule has 0 atom stereocenters. The lowest BCUT2D eigenvalue weighted by Gasteiger charge is -2.33. The molecule has 1 fully saturated rings. The highest BCUT2D eigenvalue weighted by atomic mass is 32.2. The molecule has 29 heavy (non-hydrogen) atoms. The zero-order valence-corrected chi connectivity index (χ0v) is 18.9. The number of phenols is 1. The summed E-state index contributed by atoms with van der Waals surface area (Å²) in [5, 5.41) is 15.9. The molecular formula is C22H33N3O3S. The molecule has 2 heterocycles. The number of amides is 1. The van der Waals surface area contributed by atoms with Crippen molar-refractivity contribution in [1.29, 1.82) is 0 Å². The van der Waals surface area contributed by atoms with Crippen LogP contribution in [0.25, 0.3) is 10.9 Å². The van der Waals surface area contributed by atoms with Crippen LogP contribution in [0.2, 0.25) is 0 Å². The molecule has 0 aliphatic carbocycles. The quantitative estimate of drug-likeness (QED) is 0.615. The van der Waals surface area contributed by atoms with Gasteiger partial charge in [0, 0.05) is 36.6 Å². The Hall–Kier alpha value is -1.86. The summed E-state index contributed by atoms with van der Waals surface area (Å²) in [4.78, 5) is 17.9. The molecule has 1 aromatic heterocycles. The third-order valence-corrected chi connectivity index (χ3v) is 6.13. The standard InChI is InChI=1S/C22H33N3O3S/c1-6-15-16-7-8-18(26)17(19(16)24-20(15)29-5)13-25-11-9-14(10-12-25)23-21(27)28-22(2,3)4/h7-8,14,24,26H,6,9-13H2,1-5H3,(H,23,27). The number of aromatic amines is 1. The van der Waals surface area contributed by atoms with Crippen LogP contribution in [0, 0.1) is 0 Å². The van der Waals surface area contributed by atoms with Gasteiger partial charge < -0.3 is 20.1 Å². The Labute approximate surface area is 177 Å². The van der Waals surface area contributed by atoms with Gasteiger partial charge in [0.1, 0.15) is 11.4 Å². The maximum Gasteiger partial charge on any atom is 0.407 e. The molecular weight excluding hydrogens is 386 g/mol. The number of hydrogen-bond acceptors (Lipinski definition) is 5. The van der Waals surface area contributed by atoms with E-state index in [4.69, 9.17) is 4.74 Å². The van der Waals surface area contributed by atoms with Gasteiger partial charge in [0.25, 0.3) is 0 Å². The first-order valence-corrected chi connectivity index (χ1v) is 11.6. The van der Waals surface area contributed by atoms with Gasteiger partial charge in [-0.05, 0) is 64.0 Å². The summed E-state index contributed by atoms with van der Waals surface area (Å²) in [6, 6.07) is 3.96. The molecule has 3 rings (SSSR count). The lowest BCUT2D eigenvalue weighted by molar-refractivity contribution is 0.0477. The summed E-state index contributed by atoms with van der Waals surface area (Å²) >= 11 is 1.71. The van der Waals surface area contributed by atoms with Crippen molar-refractivity contribution in [2.75, 3.05) is 19.3 Å². The molecule has 3 N–H and O–H groups in total. The van der Waals surface area contributed by atoms with E-state index in [2.05, 4.69) is 28.4 Å². The minimum Gasteiger partial charge on any atom is -0.508 e. The Morgan fingerprint density at radius 3 is 2.59 bits per heavy atom. The second-order valence-corrected chi connectivity index (χ2v) is 9.49. The number of nitrogens with one attached hydrogen (secondary N) is 2. The highest BCUT2D eigenvalue weighted by Crippen LogP contribution is 2.35. The number of carbonyl (C=O) groups is 1. The number of H-pyrrole nitrogens is 1. The Bertz CT molecular complexity index is 864. The summed E-state index contributed by atoms with van der Waals surface area (Å²) in [6.07, 6.45) is 4.43. The lowest BCUT2D eigenvalue weighted by Crippen LogP contribution is -2.45. The number of hydrogen-bond donors (Lipinski definition) is 3. The monoisotopic (exact) mass is 419 g/mol. The summed E-state index contributed by atoms with van der Waals surface area (Å²) in [5.41, 5.74) is 2.83. The summed E-state index contributed by atoms with van der Waals surface area (Å²) < 4.78 is 5.36. The van der Waals surface area contributed by atoms with Gasteiger partial charge in [-0.3, -0.25) is 4.90 Å². The smallest absolute Gasteiger partial charge is 0.407 e. The molecule has 0 saturated carbocycles. The van der Waals surface area contributed by atoms with Gasteiger partial charge in [0.15, 0.2) is 0 Å². The first kappa shape index (κ1) is 21.8. The van der Waals surface area contributed by atoms with Crippen molar-refractivity contribution in [3.05, 3.63) is 23.3 Å². The van der Waals surface area contributed by atoms with Crippen molar-refractivity contribution in [2.45, 2.75) is 70.2 Å². The highest BCUT2D eigenvalue weighted by Gasteiger charge is 2.25. The molecule has 1 amide bonds. The Kier molecular flexibility index (Phi) is 6.69. The summed E-state index contributed by atoms with van der Waals surface area (Å²) in [7, 11) is 0. The number of aromatic hydroxyl groups is 1.